The largest absolute Gasteiger partial charge is 0.481 e. The lowest BCUT2D eigenvalue weighted by Crippen LogP contribution is -2.63. The zero-order chi connectivity index (χ0) is 43.5. The minimum Gasteiger partial charge on any atom is -0.481 e. The molecule has 4 rings (SSSR count). The average Bonchev–Trinajstić information content (AvgIpc) is 3.53. The monoisotopic (exact) mass is 840 g/mol. The van der Waals surface area contributed by atoms with E-state index in [0.29, 0.717) is 45.1 Å². The van der Waals surface area contributed by atoms with Gasteiger partial charge in [-0.2, -0.15) is 0 Å². The summed E-state index contributed by atoms with van der Waals surface area (Å²) in [4.78, 5) is 63.9. The molecule has 0 spiro atoms. The second-order valence-corrected chi connectivity index (χ2v) is 18.7. The van der Waals surface area contributed by atoms with E-state index in [-0.39, 0.29) is 103 Å². The fourth-order valence-electron chi connectivity index (χ4n) is 11.8. The molecule has 59 heavy (non-hydrogen) atoms. The van der Waals surface area contributed by atoms with Crippen LogP contribution in [0.15, 0.2) is 0 Å². The molecule has 17 heteroatoms. The van der Waals surface area contributed by atoms with Crippen LogP contribution in [0.1, 0.15) is 104 Å². The third-order valence-electron chi connectivity index (χ3n) is 15.1. The van der Waals surface area contributed by atoms with Gasteiger partial charge < -0.3 is 46.4 Å². The quantitative estimate of drug-likeness (QED) is 0.0463. The summed E-state index contributed by atoms with van der Waals surface area (Å²) < 4.78 is 0. The van der Waals surface area contributed by atoms with Crippen molar-refractivity contribution in [2.45, 2.75) is 122 Å². The summed E-state index contributed by atoms with van der Waals surface area (Å²) in [7, 11) is 0. The van der Waals surface area contributed by atoms with Gasteiger partial charge in [0.1, 0.15) is 0 Å². The first-order valence-corrected chi connectivity index (χ1v) is 21.9. The number of aliphatic carboxylic acids is 3. The van der Waals surface area contributed by atoms with Crippen LogP contribution in [0.3, 0.4) is 0 Å². The zero-order valence-electron chi connectivity index (χ0n) is 35.5. The van der Waals surface area contributed by atoms with Crippen LogP contribution in [0, 0.1) is 46.3 Å². The highest BCUT2D eigenvalue weighted by Crippen LogP contribution is 2.68. The van der Waals surface area contributed by atoms with Crippen molar-refractivity contribution in [3.05, 3.63) is 0 Å². The Balaban J connectivity index is 1.19. The van der Waals surface area contributed by atoms with E-state index >= 15 is 0 Å². The summed E-state index contributed by atoms with van der Waals surface area (Å²) in [6.45, 7) is 6.06. The molecule has 17 nitrogen and oxygen atoms in total. The molecule has 0 aromatic heterocycles. The summed E-state index contributed by atoms with van der Waals surface area (Å²) in [6, 6.07) is 0.0263. The molecule has 0 bridgehead atoms. The Hall–Kier alpha value is -2.93. The fourth-order valence-corrected chi connectivity index (χ4v) is 11.8. The van der Waals surface area contributed by atoms with Gasteiger partial charge in [0.15, 0.2) is 0 Å². The SMILES string of the molecule is CC(CCC(=O)O)[C@H]1CCC2C3C(O)CC4CC(NC(=O)CCCCCNC(=O)CN(CCN(CO)CO)CCN(CC(=O)O)CC(=O)O)CC[C@]4(C)C3CC(O)[C@@]21C. The van der Waals surface area contributed by atoms with Gasteiger partial charge in [0, 0.05) is 51.6 Å². The van der Waals surface area contributed by atoms with Crippen LogP contribution in [-0.4, -0.2) is 164 Å². The minimum atomic E-state index is -1.17. The highest BCUT2D eigenvalue weighted by atomic mass is 16.4. The maximum absolute atomic E-state index is 13.1. The molecule has 4 aliphatic rings. The van der Waals surface area contributed by atoms with E-state index in [1.165, 1.54) is 9.80 Å². The Morgan fingerprint density at radius 3 is 1.98 bits per heavy atom. The molecule has 4 saturated carbocycles. The number of carbonyl (C=O) groups is 5. The molecule has 4 aliphatic carbocycles. The van der Waals surface area contributed by atoms with Crippen LogP contribution in [0.4, 0.5) is 0 Å². The van der Waals surface area contributed by atoms with Crippen LogP contribution < -0.4 is 10.6 Å². The van der Waals surface area contributed by atoms with Crippen molar-refractivity contribution in [3.8, 4) is 0 Å². The van der Waals surface area contributed by atoms with Gasteiger partial charge in [0.05, 0.1) is 45.3 Å². The van der Waals surface area contributed by atoms with E-state index in [0.717, 1.165) is 38.5 Å². The Morgan fingerprint density at radius 2 is 1.36 bits per heavy atom. The summed E-state index contributed by atoms with van der Waals surface area (Å²) in [5.74, 6) is -2.27. The summed E-state index contributed by atoms with van der Waals surface area (Å²) in [5, 5.41) is 76.1. The Labute approximate surface area is 348 Å². The van der Waals surface area contributed by atoms with Crippen molar-refractivity contribution in [2.24, 2.45) is 46.3 Å². The number of unbranched alkanes of at least 4 members (excludes halogenated alkanes) is 2. The van der Waals surface area contributed by atoms with Crippen molar-refractivity contribution < 1.29 is 59.7 Å². The molecule has 8 unspecified atom stereocenters. The number of carboxylic acids is 3. The van der Waals surface area contributed by atoms with Crippen molar-refractivity contribution in [2.75, 3.05) is 65.8 Å². The Morgan fingerprint density at radius 1 is 0.712 bits per heavy atom. The number of hydrogen-bond acceptors (Lipinski definition) is 12. The number of nitrogens with one attached hydrogen (secondary N) is 2. The van der Waals surface area contributed by atoms with Gasteiger partial charge in [-0.05, 0) is 111 Å². The van der Waals surface area contributed by atoms with Crippen LogP contribution in [0.25, 0.3) is 0 Å². The van der Waals surface area contributed by atoms with Crippen LogP contribution >= 0.6 is 0 Å². The number of carboxylic acid groups (broad SMARTS) is 3. The number of aliphatic hydroxyl groups excluding tert-OH is 4. The average molecular weight is 840 g/mol. The molecule has 0 aromatic carbocycles. The molecule has 9 N–H and O–H groups in total. The molecule has 0 heterocycles. The molecule has 338 valence electrons. The molecular formula is C42H73N5O12. The van der Waals surface area contributed by atoms with Gasteiger partial charge in [-0.3, -0.25) is 38.7 Å². The standard InChI is InChI=1S/C42H73N5O12/c1-27(8-11-37(54)55)30-9-10-31-40-32(21-34(51)42(30,31)3)41(2)13-12-29(19-28(41)20-33(40)50)44-35(52)7-5-4-6-14-43-36(53)22-45(16-18-47(25-48)26-49)15-17-46(23-38(56)57)24-39(58)59/h27-34,40,48-51H,4-26H2,1-3H3,(H,43,53)(H,44,52)(H,54,55)(H,56,57)(H,58,59)/t27?,28?,29?,30-,31?,32?,33?,34?,40?,41+,42-/m1/s1. The number of hydrogen-bond donors (Lipinski definition) is 9. The Bertz CT molecular complexity index is 1400. The lowest BCUT2D eigenvalue weighted by Gasteiger charge is -2.63. The number of aliphatic hydroxyl groups is 4. The predicted molar refractivity (Wildman–Crippen MR) is 216 cm³/mol. The third kappa shape index (κ3) is 12.8. The number of nitrogens with zero attached hydrogens (tertiary/aromatic N) is 3. The van der Waals surface area contributed by atoms with Crippen LogP contribution in [-0.2, 0) is 24.0 Å². The second-order valence-electron chi connectivity index (χ2n) is 18.7. The highest BCUT2D eigenvalue weighted by molar-refractivity contribution is 5.78. The minimum absolute atomic E-state index is 0.00923. The first-order valence-electron chi connectivity index (χ1n) is 21.9. The summed E-state index contributed by atoms with van der Waals surface area (Å²) in [5.41, 5.74) is -0.380. The molecule has 2 amide bonds. The maximum atomic E-state index is 13.1. The number of carbonyl (C=O) groups excluding carboxylic acids is 2. The van der Waals surface area contributed by atoms with E-state index in [1.54, 1.807) is 4.90 Å². The van der Waals surface area contributed by atoms with Crippen molar-refractivity contribution in [1.82, 2.24) is 25.3 Å². The van der Waals surface area contributed by atoms with Gasteiger partial charge in [-0.15, -0.1) is 0 Å². The predicted octanol–water partition coefficient (Wildman–Crippen LogP) is 1.22. The van der Waals surface area contributed by atoms with Crippen LogP contribution in [0.2, 0.25) is 0 Å². The van der Waals surface area contributed by atoms with Gasteiger partial charge >= 0.3 is 17.9 Å². The first-order chi connectivity index (χ1) is 27.9. The van der Waals surface area contributed by atoms with Crippen molar-refractivity contribution in [3.63, 3.8) is 0 Å². The van der Waals surface area contributed by atoms with E-state index in [9.17, 15) is 49.5 Å². The maximum Gasteiger partial charge on any atom is 0.317 e. The number of rotatable bonds is 25. The summed E-state index contributed by atoms with van der Waals surface area (Å²) >= 11 is 0. The zero-order valence-corrected chi connectivity index (χ0v) is 35.5. The Kier molecular flexibility index (Phi) is 18.4. The molecule has 0 radical (unpaired) electrons. The van der Waals surface area contributed by atoms with E-state index in [4.69, 9.17) is 10.2 Å². The lowest BCUT2D eigenvalue weighted by atomic mass is 9.43. The number of amides is 2. The summed E-state index contributed by atoms with van der Waals surface area (Å²) in [6.07, 6.45) is 7.95. The second kappa shape index (κ2) is 22.2. The van der Waals surface area contributed by atoms with Crippen molar-refractivity contribution in [1.29, 1.82) is 0 Å². The lowest BCUT2D eigenvalue weighted by molar-refractivity contribution is -0.202. The fraction of sp³-hybridized carbons (Fsp3) is 0.881. The molecular weight excluding hydrogens is 766 g/mol. The van der Waals surface area contributed by atoms with E-state index < -0.39 is 56.7 Å². The van der Waals surface area contributed by atoms with E-state index in [1.807, 2.05) is 0 Å². The molecule has 11 atom stereocenters. The van der Waals surface area contributed by atoms with Crippen LogP contribution in [0.5, 0.6) is 0 Å². The third-order valence-corrected chi connectivity index (χ3v) is 15.1. The topological polar surface area (TPSA) is 261 Å². The van der Waals surface area contributed by atoms with Gasteiger partial charge in [0.2, 0.25) is 11.8 Å². The molecule has 0 aliphatic heterocycles. The molecule has 0 saturated heterocycles. The van der Waals surface area contributed by atoms with Gasteiger partial charge in [-0.1, -0.05) is 27.2 Å². The smallest absolute Gasteiger partial charge is 0.317 e. The molecule has 4 fully saturated rings. The van der Waals surface area contributed by atoms with E-state index in [2.05, 4.69) is 31.4 Å². The highest BCUT2D eigenvalue weighted by Gasteiger charge is 2.65. The number of fused-ring (bicyclic) bond motifs is 5. The van der Waals surface area contributed by atoms with Gasteiger partial charge in [0.25, 0.3) is 0 Å². The molecule has 0 aromatic rings. The normalized spacial score (nSPS) is 32.0. The first kappa shape index (κ1) is 48.7. The van der Waals surface area contributed by atoms with Gasteiger partial charge in [-0.25, -0.2) is 0 Å². The van der Waals surface area contributed by atoms with Crippen molar-refractivity contribution >= 4 is 29.7 Å².